The van der Waals surface area contributed by atoms with E-state index in [1.54, 1.807) is 14.1 Å². The van der Waals surface area contributed by atoms with Crippen LogP contribution in [0.15, 0.2) is 73.1 Å². The van der Waals surface area contributed by atoms with Gasteiger partial charge in [-0.1, -0.05) is 24.3 Å². The molecule has 0 radical (unpaired) electrons. The number of carbonyl (C=O) groups is 1. The molecule has 3 aromatic heterocycles. The van der Waals surface area contributed by atoms with Crippen molar-refractivity contribution in [3.05, 3.63) is 73.1 Å². The number of hydrogen-bond acceptors (Lipinski definition) is 4. The smallest absolute Gasteiger partial charge is 0.321 e. The lowest BCUT2D eigenvalue weighted by molar-refractivity contribution is 0.230. The number of rotatable bonds is 6. The van der Waals surface area contributed by atoms with Gasteiger partial charge < -0.3 is 20.1 Å². The second-order valence-corrected chi connectivity index (χ2v) is 9.40. The summed E-state index contributed by atoms with van der Waals surface area (Å²) in [5.74, 6) is 0. The minimum Gasteiger partial charge on any atom is -0.378 e. The number of urea groups is 1. The molecule has 0 spiro atoms. The maximum absolute atomic E-state index is 12.0. The zero-order valence-corrected chi connectivity index (χ0v) is 21.8. The van der Waals surface area contributed by atoms with E-state index in [1.807, 2.05) is 55.3 Å². The maximum Gasteiger partial charge on any atom is 0.321 e. The van der Waals surface area contributed by atoms with Crippen molar-refractivity contribution in [3.63, 3.8) is 0 Å². The van der Waals surface area contributed by atoms with Crippen molar-refractivity contribution in [2.24, 2.45) is 0 Å². The number of H-pyrrole nitrogens is 1. The average molecular weight is 494 g/mol. The lowest BCUT2D eigenvalue weighted by Gasteiger charge is -2.13. The molecular formula is C29H31N7O. The second kappa shape index (κ2) is 9.81. The summed E-state index contributed by atoms with van der Waals surface area (Å²) in [6, 6.07) is 20.3. The fourth-order valence-corrected chi connectivity index (χ4v) is 4.31. The molecule has 5 aromatic rings. The molecular weight excluding hydrogens is 462 g/mol. The quantitative estimate of drug-likeness (QED) is 0.307. The van der Waals surface area contributed by atoms with Crippen molar-refractivity contribution in [2.75, 3.05) is 38.4 Å². The first-order valence-electron chi connectivity index (χ1n) is 12.3. The number of nitrogens with zero attached hydrogens (tertiary/aromatic N) is 5. The highest BCUT2D eigenvalue weighted by atomic mass is 16.2. The Morgan fingerprint density at radius 1 is 0.973 bits per heavy atom. The number of pyridine rings is 1. The fourth-order valence-electron chi connectivity index (χ4n) is 4.31. The zero-order chi connectivity index (χ0) is 26.1. The Morgan fingerprint density at radius 3 is 2.46 bits per heavy atom. The van der Waals surface area contributed by atoms with Gasteiger partial charge in [0.1, 0.15) is 11.3 Å². The largest absolute Gasteiger partial charge is 0.378 e. The van der Waals surface area contributed by atoms with Crippen molar-refractivity contribution < 1.29 is 4.79 Å². The monoisotopic (exact) mass is 493 g/mol. The summed E-state index contributed by atoms with van der Waals surface area (Å²) in [6.45, 7) is 2.84. The van der Waals surface area contributed by atoms with Crippen molar-refractivity contribution >= 4 is 28.4 Å². The zero-order valence-electron chi connectivity index (χ0n) is 21.8. The molecule has 0 atom stereocenters. The minimum atomic E-state index is -0.165. The number of aryl methyl sites for hydroxylation is 1. The molecule has 0 fully saturated rings. The normalized spacial score (nSPS) is 11.1. The molecule has 0 aliphatic rings. The van der Waals surface area contributed by atoms with Crippen LogP contribution in [-0.2, 0) is 6.54 Å². The molecule has 0 aliphatic heterocycles. The van der Waals surface area contributed by atoms with Crippen LogP contribution in [-0.4, -0.2) is 58.9 Å². The molecule has 0 saturated heterocycles. The molecule has 0 unspecified atom stereocenters. The lowest BCUT2D eigenvalue weighted by Crippen LogP contribution is -2.27. The Hall–Kier alpha value is -4.59. The van der Waals surface area contributed by atoms with Crippen LogP contribution in [0.1, 0.15) is 6.92 Å². The number of hydrogen-bond donors (Lipinski definition) is 2. The van der Waals surface area contributed by atoms with Crippen LogP contribution in [0.3, 0.4) is 0 Å². The van der Waals surface area contributed by atoms with Gasteiger partial charge in [-0.3, -0.25) is 4.68 Å². The van der Waals surface area contributed by atoms with E-state index in [9.17, 15) is 4.79 Å². The van der Waals surface area contributed by atoms with Gasteiger partial charge >= 0.3 is 6.03 Å². The molecule has 0 bridgehead atoms. The van der Waals surface area contributed by atoms with Gasteiger partial charge in [-0.25, -0.2) is 9.78 Å². The second-order valence-electron chi connectivity index (χ2n) is 9.40. The van der Waals surface area contributed by atoms with Crippen molar-refractivity contribution in [1.82, 2.24) is 24.6 Å². The number of benzene rings is 2. The molecule has 2 N–H and O–H groups in total. The van der Waals surface area contributed by atoms with E-state index in [1.165, 1.54) is 4.90 Å². The van der Waals surface area contributed by atoms with Gasteiger partial charge in [0.25, 0.3) is 0 Å². The highest BCUT2D eigenvalue weighted by Gasteiger charge is 2.17. The van der Waals surface area contributed by atoms with E-state index in [4.69, 9.17) is 5.10 Å². The lowest BCUT2D eigenvalue weighted by atomic mass is 10.00. The summed E-state index contributed by atoms with van der Waals surface area (Å²) in [5, 5.41) is 8.81. The van der Waals surface area contributed by atoms with Crippen LogP contribution in [0.5, 0.6) is 0 Å². The van der Waals surface area contributed by atoms with Gasteiger partial charge in [0.05, 0.1) is 0 Å². The predicted octanol–water partition coefficient (Wildman–Crippen LogP) is 5.94. The Morgan fingerprint density at radius 2 is 1.76 bits per heavy atom. The maximum atomic E-state index is 12.0. The van der Waals surface area contributed by atoms with Gasteiger partial charge in [-0.15, -0.1) is 0 Å². The number of aromatic nitrogens is 4. The molecule has 37 heavy (non-hydrogen) atoms. The molecule has 2 aromatic carbocycles. The standard InChI is InChI=1S/C29H31N7O/c1-6-36-18-25(27(33-36)19-10-12-21(13-11-19)31-29(37)35(4)5)23-14-15-30-28-24(23)17-26(32-28)20-8-7-9-22(16-20)34(2)3/h7-18H,6H2,1-5H3,(H,30,32)(H,31,37). The van der Waals surface area contributed by atoms with Crippen molar-refractivity contribution in [3.8, 4) is 33.6 Å². The molecule has 3 heterocycles. The summed E-state index contributed by atoms with van der Waals surface area (Å²) >= 11 is 0. The summed E-state index contributed by atoms with van der Waals surface area (Å²) in [7, 11) is 7.52. The third-order valence-corrected chi connectivity index (χ3v) is 6.40. The average Bonchev–Trinajstić information content (AvgIpc) is 3.54. The van der Waals surface area contributed by atoms with E-state index >= 15 is 0 Å². The van der Waals surface area contributed by atoms with Gasteiger partial charge in [-0.2, -0.15) is 5.10 Å². The summed E-state index contributed by atoms with van der Waals surface area (Å²) < 4.78 is 1.95. The van der Waals surface area contributed by atoms with Crippen LogP contribution >= 0.6 is 0 Å². The van der Waals surface area contributed by atoms with E-state index in [0.29, 0.717) is 0 Å². The molecule has 8 heteroatoms. The first-order chi connectivity index (χ1) is 17.8. The highest BCUT2D eigenvalue weighted by molar-refractivity contribution is 5.99. The van der Waals surface area contributed by atoms with Crippen LogP contribution in [0.4, 0.5) is 16.2 Å². The number of nitrogens with one attached hydrogen (secondary N) is 2. The number of anilines is 2. The number of aromatic amines is 1. The summed E-state index contributed by atoms with van der Waals surface area (Å²) in [5.41, 5.74) is 8.80. The number of amides is 2. The van der Waals surface area contributed by atoms with Crippen LogP contribution < -0.4 is 10.2 Å². The van der Waals surface area contributed by atoms with E-state index < -0.39 is 0 Å². The van der Waals surface area contributed by atoms with Crippen LogP contribution in [0, 0.1) is 0 Å². The molecule has 5 rings (SSSR count). The third-order valence-electron chi connectivity index (χ3n) is 6.40. The van der Waals surface area contributed by atoms with E-state index in [-0.39, 0.29) is 6.03 Å². The van der Waals surface area contributed by atoms with Crippen LogP contribution in [0.2, 0.25) is 0 Å². The Kier molecular flexibility index (Phi) is 6.40. The van der Waals surface area contributed by atoms with Gasteiger partial charge in [0.15, 0.2) is 0 Å². The van der Waals surface area contributed by atoms with Gasteiger partial charge in [0, 0.05) is 86.3 Å². The first kappa shape index (κ1) is 24.1. The summed E-state index contributed by atoms with van der Waals surface area (Å²) in [6.07, 6.45) is 3.92. The summed E-state index contributed by atoms with van der Waals surface area (Å²) in [4.78, 5) is 23.7. The van der Waals surface area contributed by atoms with E-state index in [2.05, 4.69) is 63.6 Å². The Balaban J connectivity index is 1.57. The number of fused-ring (bicyclic) bond motifs is 1. The van der Waals surface area contributed by atoms with Gasteiger partial charge in [0.2, 0.25) is 0 Å². The third kappa shape index (κ3) is 4.78. The first-order valence-corrected chi connectivity index (χ1v) is 12.3. The highest BCUT2D eigenvalue weighted by Crippen LogP contribution is 2.37. The Bertz CT molecular complexity index is 1560. The van der Waals surface area contributed by atoms with Crippen LogP contribution in [0.25, 0.3) is 44.7 Å². The number of carbonyl (C=O) groups excluding carboxylic acids is 1. The Labute approximate surface area is 216 Å². The van der Waals surface area contributed by atoms with Crippen molar-refractivity contribution in [2.45, 2.75) is 13.5 Å². The minimum absolute atomic E-state index is 0.165. The SMILES string of the molecule is CCn1cc(-c2ccnc3[nH]c(-c4cccc(N(C)C)c4)cc23)c(-c2ccc(NC(=O)N(C)C)cc2)n1. The molecule has 0 saturated carbocycles. The van der Waals surface area contributed by atoms with Gasteiger partial charge in [-0.05, 0) is 48.9 Å². The topological polar surface area (TPSA) is 82.1 Å². The predicted molar refractivity (Wildman–Crippen MR) is 151 cm³/mol. The molecule has 0 aliphatic carbocycles. The molecule has 2 amide bonds. The van der Waals surface area contributed by atoms with Crippen molar-refractivity contribution in [1.29, 1.82) is 0 Å². The van der Waals surface area contributed by atoms with E-state index in [0.717, 1.165) is 62.6 Å². The fraction of sp³-hybridized carbons (Fsp3) is 0.207. The molecule has 8 nitrogen and oxygen atoms in total. The molecule has 188 valence electrons.